The fraction of sp³-hybridized carbons (Fsp3) is 0.538. The molecule has 0 saturated heterocycles. The van der Waals surface area contributed by atoms with Gasteiger partial charge in [-0.1, -0.05) is 25.0 Å². The van der Waals surface area contributed by atoms with Crippen molar-refractivity contribution in [3.63, 3.8) is 0 Å². The number of methoxy groups -OCH3 is 1. The van der Waals surface area contributed by atoms with Gasteiger partial charge < -0.3 is 9.84 Å². The van der Waals surface area contributed by atoms with Gasteiger partial charge in [0.05, 0.1) is 5.60 Å². The van der Waals surface area contributed by atoms with Crippen LogP contribution in [0.25, 0.3) is 0 Å². The van der Waals surface area contributed by atoms with Gasteiger partial charge in [0.1, 0.15) is 11.9 Å². The Bertz CT molecular complexity index is 341. The summed E-state index contributed by atoms with van der Waals surface area (Å²) >= 11 is 0. The Morgan fingerprint density at radius 1 is 1.25 bits per heavy atom. The van der Waals surface area contributed by atoms with Crippen LogP contribution in [0.1, 0.15) is 37.4 Å². The van der Waals surface area contributed by atoms with Gasteiger partial charge in [0.15, 0.2) is 0 Å². The Labute approximate surface area is 95.1 Å². The van der Waals surface area contributed by atoms with Gasteiger partial charge in [0.25, 0.3) is 0 Å². The second-order valence-electron chi connectivity index (χ2n) is 4.43. The first kappa shape index (κ1) is 11.6. The third-order valence-corrected chi connectivity index (χ3v) is 3.54. The summed E-state index contributed by atoms with van der Waals surface area (Å²) in [6, 6.07) is 5.99. The molecule has 2 rings (SSSR count). The van der Waals surface area contributed by atoms with E-state index in [0.717, 1.165) is 31.2 Å². The number of benzene rings is 1. The van der Waals surface area contributed by atoms with Crippen LogP contribution in [0.4, 0.5) is 4.39 Å². The van der Waals surface area contributed by atoms with Crippen LogP contribution in [-0.2, 0) is 4.74 Å². The summed E-state index contributed by atoms with van der Waals surface area (Å²) in [5, 5.41) is 10.3. The molecule has 1 unspecified atom stereocenters. The third kappa shape index (κ3) is 1.97. The van der Waals surface area contributed by atoms with Crippen LogP contribution in [0.2, 0.25) is 0 Å². The highest BCUT2D eigenvalue weighted by atomic mass is 19.1. The van der Waals surface area contributed by atoms with Crippen molar-refractivity contribution in [2.24, 2.45) is 0 Å². The van der Waals surface area contributed by atoms with Crippen molar-refractivity contribution in [2.75, 3.05) is 7.11 Å². The van der Waals surface area contributed by atoms with E-state index in [2.05, 4.69) is 0 Å². The summed E-state index contributed by atoms with van der Waals surface area (Å²) in [5.41, 5.74) is 0.253. The molecule has 1 N–H and O–H groups in total. The van der Waals surface area contributed by atoms with E-state index in [-0.39, 0.29) is 5.82 Å². The largest absolute Gasteiger partial charge is 0.385 e. The van der Waals surface area contributed by atoms with Crippen molar-refractivity contribution in [1.82, 2.24) is 0 Å². The summed E-state index contributed by atoms with van der Waals surface area (Å²) in [4.78, 5) is 0. The average molecular weight is 224 g/mol. The second kappa shape index (κ2) is 4.52. The fourth-order valence-electron chi connectivity index (χ4n) is 2.51. The predicted octanol–water partition coefficient (Wildman–Crippen LogP) is 2.82. The zero-order valence-corrected chi connectivity index (χ0v) is 9.45. The molecule has 1 aromatic carbocycles. The van der Waals surface area contributed by atoms with E-state index in [1.54, 1.807) is 19.2 Å². The summed E-state index contributed by atoms with van der Waals surface area (Å²) in [5.74, 6) is -0.283. The molecule has 0 amide bonds. The molecule has 16 heavy (non-hydrogen) atoms. The van der Waals surface area contributed by atoms with Crippen molar-refractivity contribution in [3.05, 3.63) is 35.6 Å². The van der Waals surface area contributed by atoms with Crippen molar-refractivity contribution in [3.8, 4) is 0 Å². The van der Waals surface area contributed by atoms with Crippen LogP contribution in [-0.4, -0.2) is 17.8 Å². The quantitative estimate of drug-likeness (QED) is 0.855. The minimum absolute atomic E-state index is 0.283. The summed E-state index contributed by atoms with van der Waals surface area (Å²) in [7, 11) is 1.64. The van der Waals surface area contributed by atoms with Gasteiger partial charge in [0.2, 0.25) is 0 Å². The standard InChI is InChI=1S/C13H17FO2/c1-16-13(8-2-3-9-13)12(15)10-4-6-11(14)7-5-10/h4-7,12,15H,2-3,8-9H2,1H3. The maximum absolute atomic E-state index is 12.8. The van der Waals surface area contributed by atoms with Crippen molar-refractivity contribution < 1.29 is 14.2 Å². The minimum Gasteiger partial charge on any atom is -0.385 e. The maximum Gasteiger partial charge on any atom is 0.123 e. The molecule has 1 fully saturated rings. The molecule has 0 radical (unpaired) electrons. The topological polar surface area (TPSA) is 29.5 Å². The molecule has 0 bridgehead atoms. The Balaban J connectivity index is 2.23. The molecule has 1 aromatic rings. The molecule has 0 aromatic heterocycles. The number of hydrogen-bond acceptors (Lipinski definition) is 2. The highest BCUT2D eigenvalue weighted by Gasteiger charge is 2.41. The molecule has 3 heteroatoms. The van der Waals surface area contributed by atoms with E-state index < -0.39 is 11.7 Å². The molecular weight excluding hydrogens is 207 g/mol. The fourth-order valence-corrected chi connectivity index (χ4v) is 2.51. The zero-order valence-electron chi connectivity index (χ0n) is 9.45. The molecule has 0 spiro atoms. The first-order valence-corrected chi connectivity index (χ1v) is 5.67. The predicted molar refractivity (Wildman–Crippen MR) is 59.6 cm³/mol. The van der Waals surface area contributed by atoms with Crippen LogP contribution in [0, 0.1) is 5.82 Å². The molecule has 88 valence electrons. The van der Waals surface area contributed by atoms with E-state index in [1.807, 2.05) is 0 Å². The lowest BCUT2D eigenvalue weighted by molar-refractivity contribution is -0.100. The number of ether oxygens (including phenoxy) is 1. The molecule has 1 atom stereocenters. The Morgan fingerprint density at radius 3 is 2.31 bits per heavy atom. The summed E-state index contributed by atoms with van der Waals surface area (Å²) in [6.07, 6.45) is 3.21. The third-order valence-electron chi connectivity index (χ3n) is 3.54. The maximum atomic E-state index is 12.8. The Kier molecular flexibility index (Phi) is 3.26. The van der Waals surface area contributed by atoms with Gasteiger partial charge in [0, 0.05) is 7.11 Å². The lowest BCUT2D eigenvalue weighted by atomic mass is 9.89. The smallest absolute Gasteiger partial charge is 0.123 e. The Hall–Kier alpha value is -0.930. The first-order chi connectivity index (χ1) is 7.68. The first-order valence-electron chi connectivity index (χ1n) is 5.67. The number of aliphatic hydroxyl groups excluding tert-OH is 1. The van der Waals surface area contributed by atoms with Crippen molar-refractivity contribution in [1.29, 1.82) is 0 Å². The molecule has 0 heterocycles. The van der Waals surface area contributed by atoms with Gasteiger partial charge in [-0.2, -0.15) is 0 Å². The van der Waals surface area contributed by atoms with E-state index in [0.29, 0.717) is 0 Å². The normalized spacial score (nSPS) is 20.9. The van der Waals surface area contributed by atoms with Crippen LogP contribution in [0.15, 0.2) is 24.3 Å². The summed E-state index contributed by atoms with van der Waals surface area (Å²) in [6.45, 7) is 0. The lowest BCUT2D eigenvalue weighted by Gasteiger charge is -2.33. The van der Waals surface area contributed by atoms with E-state index in [4.69, 9.17) is 4.74 Å². The van der Waals surface area contributed by atoms with Gasteiger partial charge >= 0.3 is 0 Å². The monoisotopic (exact) mass is 224 g/mol. The highest BCUT2D eigenvalue weighted by Crippen LogP contribution is 2.42. The Morgan fingerprint density at radius 2 is 1.81 bits per heavy atom. The van der Waals surface area contributed by atoms with Crippen LogP contribution < -0.4 is 0 Å². The van der Waals surface area contributed by atoms with Crippen molar-refractivity contribution in [2.45, 2.75) is 37.4 Å². The second-order valence-corrected chi connectivity index (χ2v) is 4.43. The van der Waals surface area contributed by atoms with Gasteiger partial charge in [-0.05, 0) is 30.5 Å². The molecule has 0 aliphatic heterocycles. The molecule has 1 saturated carbocycles. The molecule has 2 nitrogen and oxygen atoms in total. The van der Waals surface area contributed by atoms with E-state index >= 15 is 0 Å². The van der Waals surface area contributed by atoms with E-state index in [9.17, 15) is 9.50 Å². The van der Waals surface area contributed by atoms with Gasteiger partial charge in [-0.3, -0.25) is 0 Å². The van der Waals surface area contributed by atoms with Crippen molar-refractivity contribution >= 4 is 0 Å². The van der Waals surface area contributed by atoms with Crippen LogP contribution >= 0.6 is 0 Å². The zero-order chi connectivity index (χ0) is 11.6. The molecule has 1 aliphatic carbocycles. The highest BCUT2D eigenvalue weighted by molar-refractivity contribution is 5.22. The van der Waals surface area contributed by atoms with E-state index in [1.165, 1.54) is 12.1 Å². The SMILES string of the molecule is COC1(C(O)c2ccc(F)cc2)CCCC1. The molecule has 1 aliphatic rings. The van der Waals surface area contributed by atoms with Gasteiger partial charge in [-0.25, -0.2) is 4.39 Å². The van der Waals surface area contributed by atoms with Crippen LogP contribution in [0.5, 0.6) is 0 Å². The number of hydrogen-bond donors (Lipinski definition) is 1. The summed E-state index contributed by atoms with van der Waals surface area (Å²) < 4.78 is 18.3. The number of halogens is 1. The number of rotatable bonds is 3. The minimum atomic E-state index is -0.666. The number of aliphatic hydroxyl groups is 1. The lowest BCUT2D eigenvalue weighted by Crippen LogP contribution is -2.35. The molecular formula is C13H17FO2. The van der Waals surface area contributed by atoms with Gasteiger partial charge in [-0.15, -0.1) is 0 Å². The average Bonchev–Trinajstić information content (AvgIpc) is 2.79. The van der Waals surface area contributed by atoms with Crippen LogP contribution in [0.3, 0.4) is 0 Å².